The summed E-state index contributed by atoms with van der Waals surface area (Å²) in [4.78, 5) is 56.2. The summed E-state index contributed by atoms with van der Waals surface area (Å²) < 4.78 is 6.54. The zero-order chi connectivity index (χ0) is 27.7. The number of ether oxygens (including phenoxy) is 1. The fourth-order valence-corrected chi connectivity index (χ4v) is 6.16. The van der Waals surface area contributed by atoms with Crippen molar-refractivity contribution >= 4 is 51.9 Å². The predicted octanol–water partition coefficient (Wildman–Crippen LogP) is 3.08. The van der Waals surface area contributed by atoms with E-state index in [1.165, 1.54) is 23.9 Å². The number of carbonyl (C=O) groups excluding carboxylic acids is 3. The van der Waals surface area contributed by atoms with Gasteiger partial charge < -0.3 is 9.64 Å². The van der Waals surface area contributed by atoms with Crippen LogP contribution in [0.5, 0.6) is 5.75 Å². The van der Waals surface area contributed by atoms with Gasteiger partial charge in [-0.1, -0.05) is 47.7 Å². The van der Waals surface area contributed by atoms with Gasteiger partial charge in [-0.05, 0) is 29.8 Å². The van der Waals surface area contributed by atoms with Crippen molar-refractivity contribution in [3.05, 3.63) is 88.5 Å². The molecule has 0 radical (unpaired) electrons. The van der Waals surface area contributed by atoms with Crippen LogP contribution in [-0.2, 0) is 9.59 Å². The maximum atomic E-state index is 14.3. The highest BCUT2D eigenvalue weighted by Gasteiger charge is 2.65. The first-order valence-corrected chi connectivity index (χ1v) is 12.5. The molecule has 2 fully saturated rings. The van der Waals surface area contributed by atoms with Gasteiger partial charge in [-0.25, -0.2) is 4.90 Å². The first kappa shape index (κ1) is 23.7. The minimum atomic E-state index is -1.10. The monoisotopic (exact) mass is 536 g/mol. The third-order valence-corrected chi connectivity index (χ3v) is 7.84. The van der Waals surface area contributed by atoms with Gasteiger partial charge in [0.1, 0.15) is 23.0 Å². The van der Waals surface area contributed by atoms with Crippen LogP contribution in [0.3, 0.4) is 0 Å². The van der Waals surface area contributed by atoms with Crippen molar-refractivity contribution in [3.63, 3.8) is 0 Å². The molecule has 0 unspecified atom stereocenters. The second-order valence-electron chi connectivity index (χ2n) is 9.77. The average molecular weight is 537 g/mol. The number of non-ortho nitro benzene ring substituents is 1. The number of para-hydroxylation sites is 2. The quantitative estimate of drug-likeness (QED) is 0.219. The molecular weight excluding hydrogens is 516 g/mol. The highest BCUT2D eigenvalue weighted by atomic mass is 16.6. The van der Waals surface area contributed by atoms with E-state index >= 15 is 0 Å². The lowest BCUT2D eigenvalue weighted by Crippen LogP contribution is -2.50. The average Bonchev–Trinajstić information content (AvgIpc) is 3.63. The maximum absolute atomic E-state index is 14.3. The van der Waals surface area contributed by atoms with Crippen molar-refractivity contribution in [1.82, 2.24) is 15.0 Å². The van der Waals surface area contributed by atoms with Crippen LogP contribution in [0.25, 0.3) is 17.1 Å². The predicted molar refractivity (Wildman–Crippen MR) is 143 cm³/mol. The molecule has 2 saturated heterocycles. The van der Waals surface area contributed by atoms with Crippen molar-refractivity contribution in [2.75, 3.05) is 16.9 Å². The lowest BCUT2D eigenvalue weighted by molar-refractivity contribution is -0.384. The van der Waals surface area contributed by atoms with Crippen molar-refractivity contribution in [1.29, 1.82) is 0 Å². The van der Waals surface area contributed by atoms with Gasteiger partial charge >= 0.3 is 0 Å². The molecule has 0 saturated carbocycles. The first-order chi connectivity index (χ1) is 19.4. The summed E-state index contributed by atoms with van der Waals surface area (Å²) in [5.41, 5.74) is 2.21. The number of imide groups is 1. The Morgan fingerprint density at radius 2 is 1.73 bits per heavy atom. The number of nitro benzene ring substituents is 1. The molecule has 4 heterocycles. The number of methoxy groups -OCH3 is 1. The number of anilines is 2. The zero-order valence-corrected chi connectivity index (χ0v) is 20.9. The smallest absolute Gasteiger partial charge is 0.272 e. The van der Waals surface area contributed by atoms with Crippen molar-refractivity contribution in [2.24, 2.45) is 11.8 Å². The van der Waals surface area contributed by atoms with E-state index in [-0.39, 0.29) is 17.1 Å². The Morgan fingerprint density at radius 3 is 2.52 bits per heavy atom. The molecule has 2 amide bonds. The summed E-state index contributed by atoms with van der Waals surface area (Å²) in [5.74, 6) is -3.61. The van der Waals surface area contributed by atoms with Gasteiger partial charge in [-0.15, -0.1) is 5.10 Å². The Kier molecular flexibility index (Phi) is 5.07. The molecule has 1 aromatic heterocycles. The van der Waals surface area contributed by atoms with Gasteiger partial charge in [-0.2, -0.15) is 4.68 Å². The minimum Gasteiger partial charge on any atom is -0.495 e. The Balaban J connectivity index is 1.40. The molecule has 3 aliphatic rings. The van der Waals surface area contributed by atoms with E-state index in [0.717, 1.165) is 16.5 Å². The van der Waals surface area contributed by atoms with Crippen molar-refractivity contribution in [3.8, 4) is 5.75 Å². The number of nitrogens with zero attached hydrogens (tertiary/aromatic N) is 6. The minimum absolute atomic E-state index is 0.0368. The first-order valence-electron chi connectivity index (χ1n) is 12.5. The molecule has 40 heavy (non-hydrogen) atoms. The van der Waals surface area contributed by atoms with Gasteiger partial charge in [0.2, 0.25) is 11.8 Å². The van der Waals surface area contributed by atoms with E-state index in [0.29, 0.717) is 16.7 Å². The third-order valence-electron chi connectivity index (χ3n) is 7.84. The standard InChI is InChI=1S/C28H20N6O6/c1-40-22-13-11-16(34(38)39)14-21(22)32-26(35)23-20-12-10-15-6-2-4-8-18(15)31(20)25(24(23)27(32)36)28(37)33-19-9-5-3-7-17(19)29-30-33/h2-14,20,23-25H,1H3/t20-,23+,24+,25+/m1/s1. The summed E-state index contributed by atoms with van der Waals surface area (Å²) >= 11 is 0. The number of benzene rings is 3. The normalized spacial score (nSPS) is 22.8. The van der Waals surface area contributed by atoms with Crippen molar-refractivity contribution in [2.45, 2.75) is 12.1 Å². The van der Waals surface area contributed by atoms with Gasteiger partial charge in [-0.3, -0.25) is 24.5 Å². The van der Waals surface area contributed by atoms with Crippen LogP contribution in [0.1, 0.15) is 10.4 Å². The molecule has 3 aromatic carbocycles. The molecule has 4 atom stereocenters. The van der Waals surface area contributed by atoms with Crippen LogP contribution in [0.4, 0.5) is 17.1 Å². The molecule has 7 rings (SSSR count). The second-order valence-corrected chi connectivity index (χ2v) is 9.77. The fraction of sp³-hybridized carbons (Fsp3) is 0.179. The van der Waals surface area contributed by atoms with E-state index in [1.54, 1.807) is 24.3 Å². The Morgan fingerprint density at radius 1 is 0.975 bits per heavy atom. The Labute approximate surface area is 226 Å². The molecule has 198 valence electrons. The third kappa shape index (κ3) is 3.16. The molecular formula is C28H20N6O6. The summed E-state index contributed by atoms with van der Waals surface area (Å²) in [5, 5.41) is 19.7. The van der Waals surface area contributed by atoms with Gasteiger partial charge in [0.05, 0.1) is 35.4 Å². The SMILES string of the molecule is COc1ccc([N+](=O)[O-])cc1N1C(=O)[C@@H]2[C@H](C1=O)[C@@H](C(=O)n1nnc3ccccc31)N1c3ccccc3C=C[C@H]21. The largest absolute Gasteiger partial charge is 0.495 e. The van der Waals surface area contributed by atoms with Crippen LogP contribution in [0.2, 0.25) is 0 Å². The molecule has 0 N–H and O–H groups in total. The molecule has 0 aliphatic carbocycles. The maximum Gasteiger partial charge on any atom is 0.272 e. The second kappa shape index (κ2) is 8.56. The Bertz CT molecular complexity index is 1800. The van der Waals surface area contributed by atoms with Gasteiger partial charge in [0, 0.05) is 17.8 Å². The fourth-order valence-electron chi connectivity index (χ4n) is 6.16. The van der Waals surface area contributed by atoms with E-state index < -0.39 is 46.6 Å². The number of fused-ring (bicyclic) bond motifs is 6. The van der Waals surface area contributed by atoms with Gasteiger partial charge in [0.15, 0.2) is 0 Å². The number of hydrogen-bond acceptors (Lipinski definition) is 9. The summed E-state index contributed by atoms with van der Waals surface area (Å²) in [6.07, 6.45) is 3.70. The number of amides is 2. The van der Waals surface area contributed by atoms with Crippen LogP contribution in [0, 0.1) is 22.0 Å². The summed E-state index contributed by atoms with van der Waals surface area (Å²) in [6.45, 7) is 0. The van der Waals surface area contributed by atoms with E-state index in [1.807, 2.05) is 41.3 Å². The number of rotatable bonds is 4. The van der Waals surface area contributed by atoms with Crippen LogP contribution >= 0.6 is 0 Å². The molecule has 4 aromatic rings. The highest BCUT2D eigenvalue weighted by Crippen LogP contribution is 2.50. The van der Waals surface area contributed by atoms with E-state index in [2.05, 4.69) is 10.3 Å². The van der Waals surface area contributed by atoms with E-state index in [9.17, 15) is 24.5 Å². The Hall–Kier alpha value is -5.39. The number of carbonyl (C=O) groups is 3. The molecule has 0 bridgehead atoms. The molecule has 12 nitrogen and oxygen atoms in total. The topological polar surface area (TPSA) is 141 Å². The van der Waals surface area contributed by atoms with Crippen molar-refractivity contribution < 1.29 is 24.0 Å². The zero-order valence-electron chi connectivity index (χ0n) is 20.9. The molecule has 3 aliphatic heterocycles. The van der Waals surface area contributed by atoms with Gasteiger partial charge in [0.25, 0.3) is 11.6 Å². The number of hydrogen-bond donors (Lipinski definition) is 0. The summed E-state index contributed by atoms with van der Waals surface area (Å²) in [7, 11) is 1.35. The van der Waals surface area contributed by atoms with E-state index in [4.69, 9.17) is 4.74 Å². The number of nitro groups is 1. The number of aromatic nitrogens is 3. The highest BCUT2D eigenvalue weighted by molar-refractivity contribution is 6.25. The summed E-state index contributed by atoms with van der Waals surface area (Å²) in [6, 6.07) is 16.4. The molecule has 0 spiro atoms. The molecule has 12 heteroatoms. The van der Waals surface area contributed by atoms with Crippen LogP contribution in [0.15, 0.2) is 72.8 Å². The van der Waals surface area contributed by atoms with Crippen LogP contribution < -0.4 is 14.5 Å². The lowest BCUT2D eigenvalue weighted by atomic mass is 9.88. The lowest BCUT2D eigenvalue weighted by Gasteiger charge is -2.36. The van der Waals surface area contributed by atoms with Crippen LogP contribution in [-0.4, -0.2) is 56.8 Å².